The number of hydrogen-bond donors (Lipinski definition) is 0. The number of hydrogen-bond acceptors (Lipinski definition) is 1. The van der Waals surface area contributed by atoms with Crippen molar-refractivity contribution < 1.29 is 4.79 Å². The second-order valence-electron chi connectivity index (χ2n) is 7.79. The molecule has 0 spiro atoms. The molecule has 0 bridgehead atoms. The lowest BCUT2D eigenvalue weighted by atomic mass is 9.68. The van der Waals surface area contributed by atoms with E-state index in [1.54, 1.807) is 0 Å². The van der Waals surface area contributed by atoms with Crippen molar-refractivity contribution in [2.45, 2.75) is 19.3 Å². The molecular formula is C26H20O. The Kier molecular flexibility index (Phi) is 3.35. The third-order valence-corrected chi connectivity index (χ3v) is 5.88. The number of carbonyl (C=O) groups excluding carboxylic acids is 1. The van der Waals surface area contributed by atoms with Crippen molar-refractivity contribution in [3.8, 4) is 11.1 Å². The van der Waals surface area contributed by atoms with Gasteiger partial charge in [0.25, 0.3) is 0 Å². The lowest BCUT2D eigenvalue weighted by Gasteiger charge is -2.34. The van der Waals surface area contributed by atoms with Crippen molar-refractivity contribution in [2.24, 2.45) is 0 Å². The van der Waals surface area contributed by atoms with Crippen LogP contribution in [0.5, 0.6) is 0 Å². The molecule has 1 aliphatic carbocycles. The molecule has 0 unspecified atom stereocenters. The fourth-order valence-electron chi connectivity index (χ4n) is 4.44. The Labute approximate surface area is 159 Å². The van der Waals surface area contributed by atoms with Crippen LogP contribution in [-0.2, 0) is 5.41 Å². The molecule has 4 aromatic rings. The van der Waals surface area contributed by atoms with E-state index in [1.807, 2.05) is 18.2 Å². The van der Waals surface area contributed by atoms with Crippen LogP contribution in [0.4, 0.5) is 0 Å². The Morgan fingerprint density at radius 2 is 1.30 bits per heavy atom. The van der Waals surface area contributed by atoms with Crippen molar-refractivity contribution in [1.82, 2.24) is 0 Å². The summed E-state index contributed by atoms with van der Waals surface area (Å²) in [5.41, 5.74) is 5.94. The van der Waals surface area contributed by atoms with Gasteiger partial charge in [-0.15, -0.1) is 0 Å². The monoisotopic (exact) mass is 348 g/mol. The van der Waals surface area contributed by atoms with Crippen LogP contribution in [0.2, 0.25) is 0 Å². The molecule has 1 nitrogen and oxygen atoms in total. The minimum atomic E-state index is -0.183. The SMILES string of the molecule is CC1(C)c2ccccc2C(=O)c2cc(-c3cccc4ccccc34)ccc21. The highest BCUT2D eigenvalue weighted by Gasteiger charge is 2.36. The Morgan fingerprint density at radius 3 is 2.19 bits per heavy atom. The van der Waals surface area contributed by atoms with E-state index in [1.165, 1.54) is 16.3 Å². The Balaban J connectivity index is 1.75. The highest BCUT2D eigenvalue weighted by atomic mass is 16.1. The minimum absolute atomic E-state index is 0.127. The number of rotatable bonds is 1. The predicted molar refractivity (Wildman–Crippen MR) is 111 cm³/mol. The molecule has 1 heteroatoms. The van der Waals surface area contributed by atoms with Crippen LogP contribution >= 0.6 is 0 Å². The van der Waals surface area contributed by atoms with E-state index in [0.29, 0.717) is 0 Å². The molecule has 5 rings (SSSR count). The third kappa shape index (κ3) is 2.28. The van der Waals surface area contributed by atoms with Crippen molar-refractivity contribution in [1.29, 1.82) is 0 Å². The number of carbonyl (C=O) groups is 1. The molecular weight excluding hydrogens is 328 g/mol. The zero-order valence-corrected chi connectivity index (χ0v) is 15.5. The standard InChI is InChI=1S/C26H20O/c1-26(2)23-13-6-5-11-21(23)25(27)22-16-18(14-15-24(22)26)20-12-7-9-17-8-3-4-10-19(17)20/h3-16H,1-2H3. The van der Waals surface area contributed by atoms with Crippen LogP contribution in [0.15, 0.2) is 84.9 Å². The van der Waals surface area contributed by atoms with Gasteiger partial charge in [-0.2, -0.15) is 0 Å². The normalized spacial score (nSPS) is 14.7. The summed E-state index contributed by atoms with van der Waals surface area (Å²) >= 11 is 0. The highest BCUT2D eigenvalue weighted by Crippen LogP contribution is 2.42. The van der Waals surface area contributed by atoms with Crippen molar-refractivity contribution in [3.05, 3.63) is 107 Å². The van der Waals surface area contributed by atoms with E-state index in [9.17, 15) is 4.79 Å². The first-order valence-electron chi connectivity index (χ1n) is 9.34. The fourth-order valence-corrected chi connectivity index (χ4v) is 4.44. The molecule has 0 atom stereocenters. The largest absolute Gasteiger partial charge is 0.289 e. The summed E-state index contributed by atoms with van der Waals surface area (Å²) in [6.07, 6.45) is 0. The average molecular weight is 348 g/mol. The fraction of sp³-hybridized carbons (Fsp3) is 0.115. The molecule has 0 amide bonds. The van der Waals surface area contributed by atoms with Gasteiger partial charge in [0.1, 0.15) is 0 Å². The first-order chi connectivity index (χ1) is 13.1. The molecule has 0 saturated heterocycles. The van der Waals surface area contributed by atoms with Crippen LogP contribution < -0.4 is 0 Å². The zero-order chi connectivity index (χ0) is 18.6. The van der Waals surface area contributed by atoms with E-state index in [4.69, 9.17) is 0 Å². The molecule has 130 valence electrons. The van der Waals surface area contributed by atoms with Gasteiger partial charge in [-0.3, -0.25) is 4.79 Å². The molecule has 4 aromatic carbocycles. The van der Waals surface area contributed by atoms with Gasteiger partial charge in [-0.25, -0.2) is 0 Å². The second-order valence-corrected chi connectivity index (χ2v) is 7.79. The molecule has 0 heterocycles. The third-order valence-electron chi connectivity index (χ3n) is 5.88. The quantitative estimate of drug-likeness (QED) is 0.390. The maximum Gasteiger partial charge on any atom is 0.193 e. The maximum atomic E-state index is 13.2. The van der Waals surface area contributed by atoms with E-state index >= 15 is 0 Å². The van der Waals surface area contributed by atoms with Gasteiger partial charge in [0, 0.05) is 16.5 Å². The van der Waals surface area contributed by atoms with E-state index in [0.717, 1.165) is 27.8 Å². The summed E-state index contributed by atoms with van der Waals surface area (Å²) in [5.74, 6) is 0.127. The van der Waals surface area contributed by atoms with Crippen LogP contribution in [0.3, 0.4) is 0 Å². The van der Waals surface area contributed by atoms with Crippen LogP contribution in [0.1, 0.15) is 40.9 Å². The molecule has 0 N–H and O–H groups in total. The predicted octanol–water partition coefficient (Wildman–Crippen LogP) is 6.38. The summed E-state index contributed by atoms with van der Waals surface area (Å²) in [7, 11) is 0. The van der Waals surface area contributed by atoms with Crippen molar-refractivity contribution in [2.75, 3.05) is 0 Å². The summed E-state index contributed by atoms with van der Waals surface area (Å²) in [4.78, 5) is 13.2. The molecule has 1 aliphatic rings. The van der Waals surface area contributed by atoms with E-state index < -0.39 is 0 Å². The van der Waals surface area contributed by atoms with Crippen molar-refractivity contribution >= 4 is 16.6 Å². The van der Waals surface area contributed by atoms with Crippen molar-refractivity contribution in [3.63, 3.8) is 0 Å². The Hall–Kier alpha value is -3.19. The van der Waals surface area contributed by atoms with Gasteiger partial charge in [0.05, 0.1) is 0 Å². The van der Waals surface area contributed by atoms with Gasteiger partial charge >= 0.3 is 0 Å². The second kappa shape index (κ2) is 5.65. The molecule has 27 heavy (non-hydrogen) atoms. The maximum absolute atomic E-state index is 13.2. The highest BCUT2D eigenvalue weighted by molar-refractivity contribution is 6.14. The molecule has 0 aromatic heterocycles. The molecule has 0 saturated carbocycles. The van der Waals surface area contributed by atoms with Crippen LogP contribution in [0, 0.1) is 0 Å². The van der Waals surface area contributed by atoms with Gasteiger partial charge in [0.2, 0.25) is 0 Å². The minimum Gasteiger partial charge on any atom is -0.289 e. The number of fused-ring (bicyclic) bond motifs is 3. The van der Waals surface area contributed by atoms with Gasteiger partial charge in [-0.1, -0.05) is 92.7 Å². The van der Waals surface area contributed by atoms with Crippen LogP contribution in [0.25, 0.3) is 21.9 Å². The van der Waals surface area contributed by atoms with E-state index in [2.05, 4.69) is 80.6 Å². The summed E-state index contributed by atoms with van der Waals surface area (Å²) in [6, 6.07) is 29.1. The molecule has 0 fully saturated rings. The summed E-state index contributed by atoms with van der Waals surface area (Å²) in [6.45, 7) is 4.41. The average Bonchev–Trinajstić information content (AvgIpc) is 2.71. The lowest BCUT2D eigenvalue weighted by molar-refractivity contribution is 0.103. The van der Waals surface area contributed by atoms with E-state index in [-0.39, 0.29) is 11.2 Å². The first-order valence-corrected chi connectivity index (χ1v) is 9.34. The Bertz CT molecular complexity index is 1210. The topological polar surface area (TPSA) is 17.1 Å². The molecule has 0 radical (unpaired) electrons. The number of ketones is 1. The molecule has 0 aliphatic heterocycles. The number of benzene rings is 4. The smallest absolute Gasteiger partial charge is 0.193 e. The van der Waals surface area contributed by atoms with Gasteiger partial charge in [-0.05, 0) is 39.1 Å². The Morgan fingerprint density at radius 1 is 0.630 bits per heavy atom. The van der Waals surface area contributed by atoms with Gasteiger partial charge in [0.15, 0.2) is 5.78 Å². The van der Waals surface area contributed by atoms with Crippen LogP contribution in [-0.4, -0.2) is 5.78 Å². The summed E-state index contributed by atoms with van der Waals surface area (Å²) < 4.78 is 0. The summed E-state index contributed by atoms with van der Waals surface area (Å²) in [5, 5.41) is 2.42. The first kappa shape index (κ1) is 16.0. The zero-order valence-electron chi connectivity index (χ0n) is 15.5. The lowest BCUT2D eigenvalue weighted by Crippen LogP contribution is -2.30. The van der Waals surface area contributed by atoms with Gasteiger partial charge < -0.3 is 0 Å².